The van der Waals surface area contributed by atoms with Crippen LogP contribution in [0, 0.1) is 6.92 Å². The zero-order chi connectivity index (χ0) is 17.2. The number of alkyl halides is 3. The van der Waals surface area contributed by atoms with E-state index in [0.29, 0.717) is 5.92 Å². The molecule has 24 heavy (non-hydrogen) atoms. The summed E-state index contributed by atoms with van der Waals surface area (Å²) < 4.78 is 38.3. The molecule has 1 saturated carbocycles. The van der Waals surface area contributed by atoms with Crippen LogP contribution >= 0.6 is 0 Å². The number of rotatable bonds is 3. The fraction of sp³-hybridized carbons (Fsp3) is 0.444. The van der Waals surface area contributed by atoms with Crippen molar-refractivity contribution < 1.29 is 13.2 Å². The van der Waals surface area contributed by atoms with Gasteiger partial charge in [0.1, 0.15) is 5.69 Å². The maximum absolute atomic E-state index is 12.8. The Hall–Kier alpha value is -2.11. The van der Waals surface area contributed by atoms with E-state index >= 15 is 0 Å². The Labute approximate surface area is 139 Å². The van der Waals surface area contributed by atoms with Crippen LogP contribution in [-0.2, 0) is 6.18 Å². The van der Waals surface area contributed by atoms with Gasteiger partial charge in [-0.1, -0.05) is 25.3 Å². The van der Waals surface area contributed by atoms with Gasteiger partial charge in [-0.15, -0.1) is 0 Å². The fourth-order valence-corrected chi connectivity index (χ4v) is 3.26. The molecule has 1 fully saturated rings. The number of hydrogen-bond acceptors (Lipinski definition) is 3. The van der Waals surface area contributed by atoms with Gasteiger partial charge in [0.05, 0.1) is 0 Å². The van der Waals surface area contributed by atoms with Crippen LogP contribution in [0.25, 0.3) is 0 Å². The molecule has 3 nitrogen and oxygen atoms in total. The first kappa shape index (κ1) is 16.7. The molecule has 0 unspecified atom stereocenters. The molecule has 1 heterocycles. The standard InChI is InChI=1S/C18H20F3N3/c1-12-9-14(13-5-3-2-4-6-13)11-15(10-12)23-17-22-8-7-16(24-17)18(19,20)21/h7-11,13H,2-6H2,1H3,(H,22,23,24). The second kappa shape index (κ2) is 6.79. The lowest BCUT2D eigenvalue weighted by atomic mass is 9.83. The summed E-state index contributed by atoms with van der Waals surface area (Å²) >= 11 is 0. The molecular weight excluding hydrogens is 315 g/mol. The van der Waals surface area contributed by atoms with Gasteiger partial charge < -0.3 is 5.32 Å². The number of nitrogens with zero attached hydrogens (tertiary/aromatic N) is 2. The van der Waals surface area contributed by atoms with Crippen molar-refractivity contribution in [1.82, 2.24) is 9.97 Å². The summed E-state index contributed by atoms with van der Waals surface area (Å²) in [6, 6.07) is 6.94. The Morgan fingerprint density at radius 1 is 1.08 bits per heavy atom. The minimum Gasteiger partial charge on any atom is -0.324 e. The van der Waals surface area contributed by atoms with Gasteiger partial charge in [-0.3, -0.25) is 0 Å². The minimum atomic E-state index is -4.47. The zero-order valence-electron chi connectivity index (χ0n) is 13.5. The molecule has 3 rings (SSSR count). The predicted octanol–water partition coefficient (Wildman–Crippen LogP) is 5.60. The Kier molecular flexibility index (Phi) is 4.73. The largest absolute Gasteiger partial charge is 0.433 e. The van der Waals surface area contributed by atoms with Gasteiger partial charge >= 0.3 is 6.18 Å². The molecule has 0 saturated heterocycles. The van der Waals surface area contributed by atoms with Crippen LogP contribution < -0.4 is 5.32 Å². The van der Waals surface area contributed by atoms with E-state index in [-0.39, 0.29) is 5.95 Å². The number of anilines is 2. The van der Waals surface area contributed by atoms with Gasteiger partial charge in [-0.25, -0.2) is 9.97 Å². The summed E-state index contributed by atoms with van der Waals surface area (Å²) in [6.07, 6.45) is 2.74. The van der Waals surface area contributed by atoms with Crippen LogP contribution in [0.4, 0.5) is 24.8 Å². The smallest absolute Gasteiger partial charge is 0.324 e. The first-order valence-corrected chi connectivity index (χ1v) is 8.21. The van der Waals surface area contributed by atoms with Gasteiger partial charge in [0.2, 0.25) is 5.95 Å². The van der Waals surface area contributed by atoms with Crippen molar-refractivity contribution in [3.05, 3.63) is 47.3 Å². The van der Waals surface area contributed by atoms with E-state index in [1.54, 1.807) is 0 Å². The highest BCUT2D eigenvalue weighted by Crippen LogP contribution is 2.35. The highest BCUT2D eigenvalue weighted by Gasteiger charge is 2.32. The molecule has 0 amide bonds. The van der Waals surface area contributed by atoms with E-state index in [0.717, 1.165) is 23.5 Å². The Morgan fingerprint density at radius 2 is 1.83 bits per heavy atom. The van der Waals surface area contributed by atoms with E-state index < -0.39 is 11.9 Å². The van der Waals surface area contributed by atoms with E-state index in [9.17, 15) is 13.2 Å². The molecule has 0 bridgehead atoms. The topological polar surface area (TPSA) is 37.8 Å². The van der Waals surface area contributed by atoms with Crippen LogP contribution in [0.15, 0.2) is 30.5 Å². The van der Waals surface area contributed by atoms with Crippen molar-refractivity contribution in [2.45, 2.75) is 51.1 Å². The predicted molar refractivity (Wildman–Crippen MR) is 87.3 cm³/mol. The maximum atomic E-state index is 12.8. The number of aromatic nitrogens is 2. The van der Waals surface area contributed by atoms with Crippen LogP contribution in [0.5, 0.6) is 0 Å². The van der Waals surface area contributed by atoms with E-state index in [1.807, 2.05) is 19.1 Å². The second-order valence-corrected chi connectivity index (χ2v) is 6.36. The van der Waals surface area contributed by atoms with Crippen LogP contribution in [0.1, 0.15) is 54.8 Å². The summed E-state index contributed by atoms with van der Waals surface area (Å²) in [4.78, 5) is 7.46. The Balaban J connectivity index is 1.83. The molecule has 0 atom stereocenters. The van der Waals surface area contributed by atoms with E-state index in [4.69, 9.17) is 0 Å². The molecule has 1 aliphatic rings. The molecule has 1 aromatic heterocycles. The summed E-state index contributed by atoms with van der Waals surface area (Å²) in [5.41, 5.74) is 2.10. The van der Waals surface area contributed by atoms with Crippen molar-refractivity contribution in [2.24, 2.45) is 0 Å². The third-order valence-corrected chi connectivity index (χ3v) is 4.38. The number of nitrogens with one attached hydrogen (secondary N) is 1. The molecule has 1 aliphatic carbocycles. The number of aryl methyl sites for hydroxylation is 1. The lowest BCUT2D eigenvalue weighted by Gasteiger charge is -2.23. The molecule has 2 aromatic rings. The van der Waals surface area contributed by atoms with Crippen molar-refractivity contribution in [2.75, 3.05) is 5.32 Å². The summed E-state index contributed by atoms with van der Waals surface area (Å²) in [7, 11) is 0. The molecule has 6 heteroatoms. The average Bonchev–Trinajstić information content (AvgIpc) is 2.54. The number of hydrogen-bond donors (Lipinski definition) is 1. The molecule has 1 N–H and O–H groups in total. The summed E-state index contributed by atoms with van der Waals surface area (Å²) in [5.74, 6) is 0.492. The van der Waals surface area contributed by atoms with Crippen LogP contribution in [-0.4, -0.2) is 9.97 Å². The molecular formula is C18H20F3N3. The van der Waals surface area contributed by atoms with Crippen molar-refractivity contribution in [1.29, 1.82) is 0 Å². The third kappa shape index (κ3) is 4.04. The first-order valence-electron chi connectivity index (χ1n) is 8.21. The minimum absolute atomic E-state index is 0.0370. The van der Waals surface area contributed by atoms with Crippen molar-refractivity contribution >= 4 is 11.6 Å². The summed E-state index contributed by atoms with van der Waals surface area (Å²) in [5, 5.41) is 2.91. The van der Waals surface area contributed by atoms with Crippen molar-refractivity contribution in [3.8, 4) is 0 Å². The third-order valence-electron chi connectivity index (χ3n) is 4.38. The van der Waals surface area contributed by atoms with Gasteiger partial charge in [0, 0.05) is 11.9 Å². The summed E-state index contributed by atoms with van der Waals surface area (Å²) in [6.45, 7) is 1.99. The van der Waals surface area contributed by atoms with Gasteiger partial charge in [-0.2, -0.15) is 13.2 Å². The first-order chi connectivity index (χ1) is 11.4. The molecule has 128 valence electrons. The molecule has 1 aromatic carbocycles. The quantitative estimate of drug-likeness (QED) is 0.794. The van der Waals surface area contributed by atoms with Crippen LogP contribution in [0.3, 0.4) is 0 Å². The highest BCUT2D eigenvalue weighted by atomic mass is 19.4. The zero-order valence-corrected chi connectivity index (χ0v) is 13.5. The van der Waals surface area contributed by atoms with E-state index in [2.05, 4.69) is 21.4 Å². The molecule has 0 radical (unpaired) electrons. The van der Waals surface area contributed by atoms with Crippen molar-refractivity contribution in [3.63, 3.8) is 0 Å². The molecule has 0 spiro atoms. The Morgan fingerprint density at radius 3 is 2.54 bits per heavy atom. The number of benzene rings is 1. The second-order valence-electron chi connectivity index (χ2n) is 6.36. The monoisotopic (exact) mass is 335 g/mol. The van der Waals surface area contributed by atoms with E-state index in [1.165, 1.54) is 37.7 Å². The Bertz CT molecular complexity index is 707. The lowest BCUT2D eigenvalue weighted by molar-refractivity contribution is -0.141. The van der Waals surface area contributed by atoms with Gasteiger partial charge in [0.15, 0.2) is 0 Å². The van der Waals surface area contributed by atoms with Gasteiger partial charge in [-0.05, 0) is 55.0 Å². The average molecular weight is 335 g/mol. The molecule has 0 aliphatic heterocycles. The normalized spacial score (nSPS) is 16.2. The lowest BCUT2D eigenvalue weighted by Crippen LogP contribution is -2.10. The van der Waals surface area contributed by atoms with Crippen LogP contribution in [0.2, 0.25) is 0 Å². The SMILES string of the molecule is Cc1cc(Nc2nccc(C(F)(F)F)n2)cc(C2CCCCC2)c1. The fourth-order valence-electron chi connectivity index (χ4n) is 3.26. The number of halogens is 3. The maximum Gasteiger partial charge on any atom is 0.433 e. The highest BCUT2D eigenvalue weighted by molar-refractivity contribution is 5.56. The van der Waals surface area contributed by atoms with Gasteiger partial charge in [0.25, 0.3) is 0 Å².